The van der Waals surface area contributed by atoms with E-state index in [1.165, 1.54) is 0 Å². The minimum absolute atomic E-state index is 0.497. The predicted octanol–water partition coefficient (Wildman–Crippen LogP) is 2.09. The second kappa shape index (κ2) is 3.27. The molecule has 2 rings (SSSR count). The minimum atomic E-state index is 0.497. The van der Waals surface area contributed by atoms with Gasteiger partial charge in [-0.25, -0.2) is 0 Å². The lowest BCUT2D eigenvalue weighted by molar-refractivity contribution is 0.171. The number of hydrogen-bond donors (Lipinski definition) is 0. The van der Waals surface area contributed by atoms with Crippen LogP contribution in [0.4, 0.5) is 0 Å². The third kappa shape index (κ3) is 1.36. The van der Waals surface area contributed by atoms with E-state index in [1.807, 2.05) is 0 Å². The summed E-state index contributed by atoms with van der Waals surface area (Å²) < 4.78 is 11.4. The monoisotopic (exact) mass is 239 g/mol. The van der Waals surface area contributed by atoms with Crippen LogP contribution in [-0.2, 0) is 0 Å². The van der Waals surface area contributed by atoms with Gasteiger partial charge in [-0.15, -0.1) is 0 Å². The summed E-state index contributed by atoms with van der Waals surface area (Å²) >= 11 is 3.28. The molecule has 0 fully saturated rings. The standard InChI is InChI=1S/C9H6BrNO2/c10-7-1-2-8-9(6(7)5-11)13-4-3-12-8/h1-2H,3-4H2. The molecule has 1 aliphatic rings. The molecule has 0 atom stereocenters. The van der Waals surface area contributed by atoms with Crippen LogP contribution in [0, 0.1) is 11.3 Å². The molecular formula is C9H6BrNO2. The molecule has 1 aromatic carbocycles. The Labute approximate surface area is 84.0 Å². The lowest BCUT2D eigenvalue weighted by atomic mass is 10.2. The highest BCUT2D eigenvalue weighted by atomic mass is 79.9. The molecule has 0 radical (unpaired) electrons. The Hall–Kier alpha value is -1.21. The van der Waals surface area contributed by atoms with E-state index in [2.05, 4.69) is 22.0 Å². The summed E-state index contributed by atoms with van der Waals surface area (Å²) in [4.78, 5) is 0. The molecule has 1 aliphatic heterocycles. The Balaban J connectivity index is 2.60. The fraction of sp³-hybridized carbons (Fsp3) is 0.222. The molecule has 4 heteroatoms. The normalized spacial score (nSPS) is 13.5. The van der Waals surface area contributed by atoms with Crippen LogP contribution in [0.1, 0.15) is 5.56 Å². The van der Waals surface area contributed by atoms with Gasteiger partial charge in [0.2, 0.25) is 0 Å². The van der Waals surface area contributed by atoms with Crippen molar-refractivity contribution in [1.82, 2.24) is 0 Å². The van der Waals surface area contributed by atoms with E-state index in [0.29, 0.717) is 30.3 Å². The van der Waals surface area contributed by atoms with Crippen LogP contribution in [0.15, 0.2) is 16.6 Å². The number of hydrogen-bond acceptors (Lipinski definition) is 3. The molecule has 0 spiro atoms. The molecule has 0 bridgehead atoms. The summed E-state index contributed by atoms with van der Waals surface area (Å²) in [5.41, 5.74) is 0.497. The summed E-state index contributed by atoms with van der Waals surface area (Å²) in [7, 11) is 0. The number of nitrogens with zero attached hydrogens (tertiary/aromatic N) is 1. The van der Waals surface area contributed by atoms with E-state index in [1.54, 1.807) is 12.1 Å². The predicted molar refractivity (Wildman–Crippen MR) is 49.8 cm³/mol. The van der Waals surface area contributed by atoms with Crippen LogP contribution < -0.4 is 9.47 Å². The zero-order valence-electron chi connectivity index (χ0n) is 6.71. The molecule has 0 aliphatic carbocycles. The molecule has 0 unspecified atom stereocenters. The highest BCUT2D eigenvalue weighted by Gasteiger charge is 2.17. The second-order valence-electron chi connectivity index (χ2n) is 2.56. The first-order chi connectivity index (χ1) is 6.33. The topological polar surface area (TPSA) is 42.2 Å². The van der Waals surface area contributed by atoms with E-state index in [4.69, 9.17) is 14.7 Å². The smallest absolute Gasteiger partial charge is 0.180 e. The third-order valence-corrected chi connectivity index (χ3v) is 2.43. The van der Waals surface area contributed by atoms with Gasteiger partial charge < -0.3 is 9.47 Å². The van der Waals surface area contributed by atoms with E-state index in [0.717, 1.165) is 4.47 Å². The van der Waals surface area contributed by atoms with Gasteiger partial charge in [-0.05, 0) is 28.1 Å². The average Bonchev–Trinajstić information content (AvgIpc) is 2.18. The summed E-state index contributed by atoms with van der Waals surface area (Å²) in [6.07, 6.45) is 0. The molecular weight excluding hydrogens is 234 g/mol. The maximum Gasteiger partial charge on any atom is 0.180 e. The van der Waals surface area contributed by atoms with Gasteiger partial charge in [-0.2, -0.15) is 5.26 Å². The van der Waals surface area contributed by atoms with Crippen molar-refractivity contribution in [2.24, 2.45) is 0 Å². The average molecular weight is 240 g/mol. The largest absolute Gasteiger partial charge is 0.486 e. The Morgan fingerprint density at radius 1 is 1.31 bits per heavy atom. The van der Waals surface area contributed by atoms with Crippen LogP contribution in [0.3, 0.4) is 0 Å². The molecule has 1 aromatic rings. The minimum Gasteiger partial charge on any atom is -0.486 e. The zero-order valence-corrected chi connectivity index (χ0v) is 8.30. The quantitative estimate of drug-likeness (QED) is 0.697. The van der Waals surface area contributed by atoms with Crippen molar-refractivity contribution in [3.05, 3.63) is 22.2 Å². The van der Waals surface area contributed by atoms with Gasteiger partial charge in [0.1, 0.15) is 24.8 Å². The summed E-state index contributed by atoms with van der Waals surface area (Å²) in [5.74, 6) is 1.19. The van der Waals surface area contributed by atoms with Gasteiger partial charge in [0, 0.05) is 4.47 Å². The van der Waals surface area contributed by atoms with Gasteiger partial charge in [-0.1, -0.05) is 0 Å². The number of halogens is 1. The number of ether oxygens (including phenoxy) is 2. The molecule has 0 amide bonds. The van der Waals surface area contributed by atoms with Gasteiger partial charge in [0.25, 0.3) is 0 Å². The summed E-state index contributed by atoms with van der Waals surface area (Å²) in [6.45, 7) is 1.04. The van der Waals surface area contributed by atoms with Crippen molar-refractivity contribution in [3.8, 4) is 17.6 Å². The Bertz CT molecular complexity index is 384. The maximum atomic E-state index is 8.86. The van der Waals surface area contributed by atoms with Gasteiger partial charge in [-0.3, -0.25) is 0 Å². The number of benzene rings is 1. The molecule has 3 nitrogen and oxygen atoms in total. The van der Waals surface area contributed by atoms with E-state index < -0.39 is 0 Å². The Kier molecular flexibility index (Phi) is 2.11. The summed E-state index contributed by atoms with van der Waals surface area (Å²) in [6, 6.07) is 5.65. The molecule has 0 saturated carbocycles. The molecule has 0 aromatic heterocycles. The number of rotatable bonds is 0. The molecule has 0 N–H and O–H groups in total. The molecule has 13 heavy (non-hydrogen) atoms. The van der Waals surface area contributed by atoms with Crippen molar-refractivity contribution in [2.75, 3.05) is 13.2 Å². The summed E-state index contributed by atoms with van der Waals surface area (Å²) in [5, 5.41) is 8.86. The lowest BCUT2D eigenvalue weighted by Gasteiger charge is -2.19. The number of fused-ring (bicyclic) bond motifs is 1. The first kappa shape index (κ1) is 8.39. The Morgan fingerprint density at radius 3 is 2.85 bits per heavy atom. The van der Waals surface area contributed by atoms with E-state index >= 15 is 0 Å². The van der Waals surface area contributed by atoms with Crippen molar-refractivity contribution < 1.29 is 9.47 Å². The molecule has 1 heterocycles. The van der Waals surface area contributed by atoms with Crippen LogP contribution in [-0.4, -0.2) is 13.2 Å². The maximum absolute atomic E-state index is 8.86. The SMILES string of the molecule is N#Cc1c(Br)ccc2c1OCCO2. The lowest BCUT2D eigenvalue weighted by Crippen LogP contribution is -2.16. The van der Waals surface area contributed by atoms with Crippen molar-refractivity contribution in [3.63, 3.8) is 0 Å². The third-order valence-electron chi connectivity index (χ3n) is 1.77. The van der Waals surface area contributed by atoms with Crippen LogP contribution in [0.2, 0.25) is 0 Å². The second-order valence-corrected chi connectivity index (χ2v) is 3.41. The van der Waals surface area contributed by atoms with Crippen molar-refractivity contribution in [1.29, 1.82) is 5.26 Å². The van der Waals surface area contributed by atoms with Crippen molar-refractivity contribution in [2.45, 2.75) is 0 Å². The number of nitriles is 1. The Morgan fingerprint density at radius 2 is 2.08 bits per heavy atom. The van der Waals surface area contributed by atoms with Crippen LogP contribution in [0.5, 0.6) is 11.5 Å². The van der Waals surface area contributed by atoms with E-state index in [9.17, 15) is 0 Å². The van der Waals surface area contributed by atoms with E-state index in [-0.39, 0.29) is 0 Å². The highest BCUT2D eigenvalue weighted by molar-refractivity contribution is 9.10. The molecule has 0 saturated heterocycles. The van der Waals surface area contributed by atoms with Crippen LogP contribution in [0.25, 0.3) is 0 Å². The van der Waals surface area contributed by atoms with Gasteiger partial charge >= 0.3 is 0 Å². The van der Waals surface area contributed by atoms with Gasteiger partial charge in [0.15, 0.2) is 11.5 Å². The first-order valence-corrected chi connectivity index (χ1v) is 4.60. The fourth-order valence-corrected chi connectivity index (χ4v) is 1.60. The van der Waals surface area contributed by atoms with Crippen LogP contribution >= 0.6 is 15.9 Å². The van der Waals surface area contributed by atoms with Crippen molar-refractivity contribution >= 4 is 15.9 Å². The van der Waals surface area contributed by atoms with Gasteiger partial charge in [0.05, 0.1) is 0 Å². The first-order valence-electron chi connectivity index (χ1n) is 3.81. The highest BCUT2D eigenvalue weighted by Crippen LogP contribution is 2.37. The fourth-order valence-electron chi connectivity index (χ4n) is 1.20. The zero-order chi connectivity index (χ0) is 9.26. The molecule has 66 valence electrons.